The van der Waals surface area contributed by atoms with Crippen molar-refractivity contribution in [2.24, 2.45) is 0 Å². The highest BCUT2D eigenvalue weighted by molar-refractivity contribution is 7.18. The van der Waals surface area contributed by atoms with Crippen molar-refractivity contribution in [1.29, 1.82) is 0 Å². The number of rotatable bonds is 4. The van der Waals surface area contributed by atoms with Gasteiger partial charge in [-0.05, 0) is 44.0 Å². The van der Waals surface area contributed by atoms with Crippen LogP contribution >= 0.6 is 11.3 Å². The summed E-state index contributed by atoms with van der Waals surface area (Å²) in [6.07, 6.45) is -0.513. The zero-order valence-corrected chi connectivity index (χ0v) is 17.0. The van der Waals surface area contributed by atoms with Crippen molar-refractivity contribution >= 4 is 33.7 Å². The van der Waals surface area contributed by atoms with Crippen LogP contribution < -0.4 is 5.32 Å². The number of nitrogens with zero attached hydrogens (tertiary/aromatic N) is 1. The standard InChI is InChI=1S/C18H19FN2O3S.C2H6/c1-9-4-5-14(13(19)6-9)20-17-15(10(2)16(25-17)11(3)22)18(24)21-7-12(23)8-21;1-2/h4-6,12,20,23H,7-8H2,1-3H3;1-2H3. The monoisotopic (exact) mass is 392 g/mol. The average Bonchev–Trinajstić information content (AvgIpc) is 2.92. The van der Waals surface area contributed by atoms with E-state index in [2.05, 4.69) is 5.32 Å². The molecule has 0 bridgehead atoms. The molecule has 0 spiro atoms. The number of carbonyl (C=O) groups excluding carboxylic acids is 2. The van der Waals surface area contributed by atoms with Crippen LogP contribution in [0, 0.1) is 19.7 Å². The summed E-state index contributed by atoms with van der Waals surface area (Å²) in [6, 6.07) is 4.78. The third-order valence-corrected chi connectivity index (χ3v) is 5.51. The van der Waals surface area contributed by atoms with E-state index in [0.29, 0.717) is 21.0 Å². The van der Waals surface area contributed by atoms with E-state index in [1.165, 1.54) is 17.9 Å². The number of hydrogen-bond donors (Lipinski definition) is 2. The number of anilines is 2. The summed E-state index contributed by atoms with van der Waals surface area (Å²) in [5.74, 6) is -0.826. The van der Waals surface area contributed by atoms with Crippen LogP contribution in [-0.2, 0) is 0 Å². The number of halogens is 1. The van der Waals surface area contributed by atoms with Gasteiger partial charge in [0.2, 0.25) is 0 Å². The number of likely N-dealkylation sites (tertiary alicyclic amines) is 1. The molecule has 7 heteroatoms. The first-order valence-corrected chi connectivity index (χ1v) is 9.74. The lowest BCUT2D eigenvalue weighted by Crippen LogP contribution is -2.53. The second-order valence-corrected chi connectivity index (χ2v) is 7.31. The molecular weight excluding hydrogens is 367 g/mol. The fourth-order valence-electron chi connectivity index (χ4n) is 2.82. The molecule has 1 saturated heterocycles. The number of aliphatic hydroxyl groups is 1. The molecular formula is C20H25FN2O3S. The lowest BCUT2D eigenvalue weighted by Gasteiger charge is -2.36. The lowest BCUT2D eigenvalue weighted by atomic mass is 10.1. The summed E-state index contributed by atoms with van der Waals surface area (Å²) in [5.41, 5.74) is 1.99. The summed E-state index contributed by atoms with van der Waals surface area (Å²) < 4.78 is 14.2. The van der Waals surface area contributed by atoms with Gasteiger partial charge in [-0.15, -0.1) is 11.3 Å². The van der Waals surface area contributed by atoms with E-state index >= 15 is 0 Å². The van der Waals surface area contributed by atoms with Crippen LogP contribution in [0.2, 0.25) is 0 Å². The molecule has 2 heterocycles. The molecule has 1 aliphatic heterocycles. The number of aliphatic hydroxyl groups excluding tert-OH is 1. The topological polar surface area (TPSA) is 69.6 Å². The third kappa shape index (κ3) is 4.36. The number of β-amino-alcohol motifs (C(OH)–C–C–N with tert-alkyl or cyclic N) is 1. The predicted molar refractivity (Wildman–Crippen MR) is 107 cm³/mol. The van der Waals surface area contributed by atoms with E-state index in [1.54, 1.807) is 26.0 Å². The number of carbonyl (C=O) groups is 2. The highest BCUT2D eigenvalue weighted by atomic mass is 32.1. The van der Waals surface area contributed by atoms with E-state index in [9.17, 15) is 19.1 Å². The lowest BCUT2D eigenvalue weighted by molar-refractivity contribution is 0.00594. The first-order chi connectivity index (χ1) is 12.8. The largest absolute Gasteiger partial charge is 0.389 e. The van der Waals surface area contributed by atoms with E-state index < -0.39 is 11.9 Å². The Balaban J connectivity index is 0.00000126. The summed E-state index contributed by atoms with van der Waals surface area (Å²) in [4.78, 5) is 26.6. The number of hydrogen-bond acceptors (Lipinski definition) is 5. The van der Waals surface area contributed by atoms with Gasteiger partial charge in [-0.3, -0.25) is 9.59 Å². The first-order valence-electron chi connectivity index (χ1n) is 8.92. The molecule has 0 saturated carbocycles. The molecule has 1 aromatic heterocycles. The van der Waals surface area contributed by atoms with Gasteiger partial charge in [0.05, 0.1) is 22.2 Å². The minimum absolute atomic E-state index is 0.141. The zero-order chi connectivity index (χ0) is 20.3. The maximum Gasteiger partial charge on any atom is 0.257 e. The SMILES string of the molecule is CC.CC(=O)c1sc(Nc2ccc(C)cc2F)c(C(=O)N2CC(O)C2)c1C. The molecule has 5 nitrogen and oxygen atoms in total. The zero-order valence-electron chi connectivity index (χ0n) is 16.2. The maximum absolute atomic E-state index is 14.2. The molecule has 1 fully saturated rings. The second kappa shape index (κ2) is 8.63. The fraction of sp³-hybridized carbons (Fsp3) is 0.400. The number of ketones is 1. The van der Waals surface area contributed by atoms with Crippen molar-refractivity contribution in [1.82, 2.24) is 4.90 Å². The first kappa shape index (κ1) is 21.1. The number of amides is 1. The molecule has 1 amide bonds. The van der Waals surface area contributed by atoms with Crippen LogP contribution in [0.5, 0.6) is 0 Å². The van der Waals surface area contributed by atoms with Crippen LogP contribution in [0.15, 0.2) is 18.2 Å². The Labute approximate surface area is 162 Å². The molecule has 2 N–H and O–H groups in total. The van der Waals surface area contributed by atoms with E-state index in [4.69, 9.17) is 0 Å². The maximum atomic E-state index is 14.2. The van der Waals surface area contributed by atoms with Crippen LogP contribution in [0.1, 0.15) is 51.9 Å². The smallest absolute Gasteiger partial charge is 0.257 e. The highest BCUT2D eigenvalue weighted by Gasteiger charge is 2.33. The van der Waals surface area contributed by atoms with Gasteiger partial charge in [0.15, 0.2) is 5.78 Å². The minimum Gasteiger partial charge on any atom is -0.389 e. The Morgan fingerprint density at radius 1 is 1.26 bits per heavy atom. The van der Waals surface area contributed by atoms with E-state index in [-0.39, 0.29) is 30.5 Å². The Morgan fingerprint density at radius 2 is 1.89 bits per heavy atom. The van der Waals surface area contributed by atoms with Gasteiger partial charge in [0.25, 0.3) is 5.91 Å². The van der Waals surface area contributed by atoms with Gasteiger partial charge in [-0.2, -0.15) is 0 Å². The van der Waals surface area contributed by atoms with Crippen LogP contribution in [0.3, 0.4) is 0 Å². The quantitative estimate of drug-likeness (QED) is 0.762. The molecule has 0 aliphatic carbocycles. The Morgan fingerprint density at radius 3 is 2.41 bits per heavy atom. The second-order valence-electron chi connectivity index (χ2n) is 6.29. The summed E-state index contributed by atoms with van der Waals surface area (Å²) in [7, 11) is 0. The van der Waals surface area contributed by atoms with Crippen molar-refractivity contribution in [3.63, 3.8) is 0 Å². The molecule has 0 radical (unpaired) electrons. The molecule has 0 unspecified atom stereocenters. The van der Waals surface area contributed by atoms with Gasteiger partial charge in [0.1, 0.15) is 10.8 Å². The van der Waals surface area contributed by atoms with Gasteiger partial charge in [0, 0.05) is 13.1 Å². The molecule has 1 aliphatic rings. The number of nitrogens with one attached hydrogen (secondary N) is 1. The van der Waals surface area contributed by atoms with Crippen LogP contribution in [-0.4, -0.2) is 40.9 Å². The number of Topliss-reactive ketones (excluding diaryl/α,β-unsaturated/α-hetero) is 1. The molecule has 146 valence electrons. The minimum atomic E-state index is -0.513. The van der Waals surface area contributed by atoms with E-state index in [0.717, 1.165) is 16.9 Å². The van der Waals surface area contributed by atoms with Gasteiger partial charge < -0.3 is 15.3 Å². The van der Waals surface area contributed by atoms with Crippen molar-refractivity contribution in [3.8, 4) is 0 Å². The van der Waals surface area contributed by atoms with Crippen molar-refractivity contribution in [2.45, 2.75) is 40.7 Å². The number of aryl methyl sites for hydroxylation is 1. The van der Waals surface area contributed by atoms with E-state index in [1.807, 2.05) is 13.8 Å². The number of benzene rings is 1. The molecule has 1 aromatic carbocycles. The van der Waals surface area contributed by atoms with Crippen LogP contribution in [0.25, 0.3) is 0 Å². The molecule has 0 atom stereocenters. The van der Waals surface area contributed by atoms with Gasteiger partial charge >= 0.3 is 0 Å². The predicted octanol–water partition coefficient (Wildman–Crippen LogP) is 4.29. The summed E-state index contributed by atoms with van der Waals surface area (Å²) in [6.45, 7) is 9.48. The van der Waals surface area contributed by atoms with Gasteiger partial charge in [-0.1, -0.05) is 19.9 Å². The molecule has 2 aromatic rings. The Hall–Kier alpha value is -2.25. The molecule has 3 rings (SSSR count). The summed E-state index contributed by atoms with van der Waals surface area (Å²) >= 11 is 1.15. The molecule has 27 heavy (non-hydrogen) atoms. The fourth-order valence-corrected chi connectivity index (χ4v) is 3.92. The Bertz CT molecular complexity index is 857. The van der Waals surface area contributed by atoms with Crippen molar-refractivity contribution in [2.75, 3.05) is 18.4 Å². The Kier molecular flexibility index (Phi) is 6.73. The van der Waals surface area contributed by atoms with Gasteiger partial charge in [-0.25, -0.2) is 4.39 Å². The highest BCUT2D eigenvalue weighted by Crippen LogP contribution is 2.37. The van der Waals surface area contributed by atoms with Crippen molar-refractivity contribution in [3.05, 3.63) is 45.6 Å². The average molecular weight is 392 g/mol. The van der Waals surface area contributed by atoms with Crippen LogP contribution in [0.4, 0.5) is 15.1 Å². The third-order valence-electron chi connectivity index (χ3n) is 4.20. The summed E-state index contributed by atoms with van der Waals surface area (Å²) in [5, 5.41) is 12.8. The number of thiophene rings is 1. The normalized spacial score (nSPS) is 13.5. The van der Waals surface area contributed by atoms with Crippen molar-refractivity contribution < 1.29 is 19.1 Å².